The zero-order valence-corrected chi connectivity index (χ0v) is 10.7. The zero-order valence-electron chi connectivity index (χ0n) is 10.7. The van der Waals surface area contributed by atoms with Gasteiger partial charge in [0.15, 0.2) is 0 Å². The average Bonchev–Trinajstić information content (AvgIpc) is 2.26. The van der Waals surface area contributed by atoms with Gasteiger partial charge in [-0.15, -0.1) is 0 Å². The first-order valence-electron chi connectivity index (χ1n) is 6.94. The molecule has 0 N–H and O–H groups in total. The SMILES string of the molecule is C=CC(=O)OC(C)C12CC3CC(CC(C3)C1)C2. The Kier molecular flexibility index (Phi) is 2.57. The van der Waals surface area contributed by atoms with Crippen LogP contribution < -0.4 is 0 Å². The van der Waals surface area contributed by atoms with Gasteiger partial charge < -0.3 is 4.74 Å². The fourth-order valence-electron chi connectivity index (χ4n) is 5.02. The number of ether oxygens (including phenoxy) is 1. The standard InChI is InChI=1S/C15H22O2/c1-3-14(16)17-10(2)15-7-11-4-12(8-15)6-13(5-11)9-15/h3,10-13H,1,4-9H2,2H3. The molecular weight excluding hydrogens is 212 g/mol. The number of carbonyl (C=O) groups is 1. The molecule has 0 aromatic carbocycles. The van der Waals surface area contributed by atoms with Gasteiger partial charge in [-0.1, -0.05) is 6.58 Å². The highest BCUT2D eigenvalue weighted by atomic mass is 16.5. The lowest BCUT2D eigenvalue weighted by Gasteiger charge is -2.58. The minimum Gasteiger partial charge on any atom is -0.459 e. The third kappa shape index (κ3) is 1.82. The van der Waals surface area contributed by atoms with Gasteiger partial charge in [0.2, 0.25) is 0 Å². The zero-order chi connectivity index (χ0) is 12.0. The van der Waals surface area contributed by atoms with E-state index < -0.39 is 0 Å². The number of hydrogen-bond donors (Lipinski definition) is 0. The fourth-order valence-corrected chi connectivity index (χ4v) is 5.02. The summed E-state index contributed by atoms with van der Waals surface area (Å²) in [5, 5.41) is 0. The molecule has 4 aliphatic carbocycles. The van der Waals surface area contributed by atoms with Gasteiger partial charge in [0.25, 0.3) is 0 Å². The summed E-state index contributed by atoms with van der Waals surface area (Å²) in [6.45, 7) is 5.58. The van der Waals surface area contributed by atoms with E-state index in [1.165, 1.54) is 44.6 Å². The summed E-state index contributed by atoms with van der Waals surface area (Å²) in [5.41, 5.74) is 0.299. The van der Waals surface area contributed by atoms with Crippen LogP contribution in [0.3, 0.4) is 0 Å². The molecule has 4 rings (SSSR count). The van der Waals surface area contributed by atoms with E-state index in [4.69, 9.17) is 4.74 Å². The van der Waals surface area contributed by atoms with E-state index in [0.717, 1.165) is 17.8 Å². The third-order valence-electron chi connectivity index (χ3n) is 5.41. The highest BCUT2D eigenvalue weighted by molar-refractivity contribution is 5.81. The molecule has 0 aromatic heterocycles. The summed E-state index contributed by atoms with van der Waals surface area (Å²) in [6, 6.07) is 0. The van der Waals surface area contributed by atoms with Crippen molar-refractivity contribution in [3.8, 4) is 0 Å². The molecule has 1 unspecified atom stereocenters. The molecule has 1 atom stereocenters. The Morgan fingerprint density at radius 2 is 1.71 bits per heavy atom. The van der Waals surface area contributed by atoms with Crippen LogP contribution >= 0.6 is 0 Å². The van der Waals surface area contributed by atoms with Crippen LogP contribution in [0.15, 0.2) is 12.7 Å². The van der Waals surface area contributed by atoms with Gasteiger partial charge in [-0.25, -0.2) is 4.79 Å². The van der Waals surface area contributed by atoms with Crippen molar-refractivity contribution in [2.75, 3.05) is 0 Å². The molecular formula is C15H22O2. The molecule has 2 heteroatoms. The first-order chi connectivity index (χ1) is 8.11. The van der Waals surface area contributed by atoms with E-state index in [1.807, 2.05) is 0 Å². The van der Waals surface area contributed by atoms with Gasteiger partial charge >= 0.3 is 5.97 Å². The van der Waals surface area contributed by atoms with Crippen molar-refractivity contribution in [2.24, 2.45) is 23.2 Å². The summed E-state index contributed by atoms with van der Waals surface area (Å²) in [7, 11) is 0. The van der Waals surface area contributed by atoms with E-state index in [2.05, 4.69) is 13.5 Å². The Labute approximate surface area is 103 Å². The number of rotatable bonds is 3. The minimum atomic E-state index is -0.256. The largest absolute Gasteiger partial charge is 0.459 e. The van der Waals surface area contributed by atoms with Crippen LogP contribution in [-0.2, 0) is 9.53 Å². The van der Waals surface area contributed by atoms with Gasteiger partial charge in [0.05, 0.1) is 0 Å². The monoisotopic (exact) mass is 234 g/mol. The number of hydrogen-bond acceptors (Lipinski definition) is 2. The highest BCUT2D eigenvalue weighted by Gasteiger charge is 2.54. The molecule has 0 spiro atoms. The molecule has 94 valence electrons. The smallest absolute Gasteiger partial charge is 0.330 e. The molecule has 4 bridgehead atoms. The lowest BCUT2D eigenvalue weighted by Crippen LogP contribution is -2.51. The van der Waals surface area contributed by atoms with Crippen molar-refractivity contribution in [1.29, 1.82) is 0 Å². The normalized spacial score (nSPS) is 44.4. The number of carbonyl (C=O) groups excluding carboxylic acids is 1. The van der Waals surface area contributed by atoms with Gasteiger partial charge in [0, 0.05) is 11.5 Å². The third-order valence-corrected chi connectivity index (χ3v) is 5.41. The summed E-state index contributed by atoms with van der Waals surface area (Å²) in [6.07, 6.45) is 9.50. The van der Waals surface area contributed by atoms with Gasteiger partial charge in [-0.3, -0.25) is 0 Å². The Hall–Kier alpha value is -0.790. The molecule has 4 aliphatic rings. The molecule has 4 fully saturated rings. The second kappa shape index (κ2) is 3.86. The molecule has 2 nitrogen and oxygen atoms in total. The summed E-state index contributed by atoms with van der Waals surface area (Å²) >= 11 is 0. The predicted octanol–water partition coefficient (Wildman–Crippen LogP) is 3.32. The van der Waals surface area contributed by atoms with Crippen LogP contribution in [-0.4, -0.2) is 12.1 Å². The van der Waals surface area contributed by atoms with Crippen LogP contribution in [0.2, 0.25) is 0 Å². The lowest BCUT2D eigenvalue weighted by atomic mass is 9.48. The maximum absolute atomic E-state index is 11.4. The van der Waals surface area contributed by atoms with E-state index in [-0.39, 0.29) is 12.1 Å². The van der Waals surface area contributed by atoms with Gasteiger partial charge in [-0.05, 0) is 63.2 Å². The molecule has 0 aromatic rings. The van der Waals surface area contributed by atoms with Crippen molar-refractivity contribution >= 4 is 5.97 Å². The van der Waals surface area contributed by atoms with Crippen LogP contribution in [0.1, 0.15) is 45.4 Å². The fraction of sp³-hybridized carbons (Fsp3) is 0.800. The van der Waals surface area contributed by atoms with Crippen molar-refractivity contribution < 1.29 is 9.53 Å². The van der Waals surface area contributed by atoms with Gasteiger partial charge in [0.1, 0.15) is 6.10 Å². The molecule has 4 saturated carbocycles. The molecule has 0 aliphatic heterocycles. The molecule has 0 saturated heterocycles. The predicted molar refractivity (Wildman–Crippen MR) is 66.4 cm³/mol. The molecule has 0 amide bonds. The van der Waals surface area contributed by atoms with E-state index in [1.54, 1.807) is 0 Å². The van der Waals surface area contributed by atoms with E-state index in [0.29, 0.717) is 5.41 Å². The van der Waals surface area contributed by atoms with Crippen molar-refractivity contribution in [2.45, 2.75) is 51.6 Å². The second-order valence-electron chi connectivity index (χ2n) is 6.56. The van der Waals surface area contributed by atoms with Crippen molar-refractivity contribution in [3.63, 3.8) is 0 Å². The quantitative estimate of drug-likeness (QED) is 0.553. The molecule has 0 radical (unpaired) electrons. The van der Waals surface area contributed by atoms with Crippen molar-refractivity contribution in [3.05, 3.63) is 12.7 Å². The summed E-state index contributed by atoms with van der Waals surface area (Å²) < 4.78 is 5.53. The van der Waals surface area contributed by atoms with E-state index in [9.17, 15) is 4.79 Å². The highest BCUT2D eigenvalue weighted by Crippen LogP contribution is 2.61. The Balaban J connectivity index is 1.77. The first kappa shape index (κ1) is 11.3. The van der Waals surface area contributed by atoms with Crippen LogP contribution in [0.5, 0.6) is 0 Å². The summed E-state index contributed by atoms with van der Waals surface area (Å²) in [5.74, 6) is 2.47. The summed E-state index contributed by atoms with van der Waals surface area (Å²) in [4.78, 5) is 11.4. The molecule has 17 heavy (non-hydrogen) atoms. The minimum absolute atomic E-state index is 0.0707. The van der Waals surface area contributed by atoms with E-state index >= 15 is 0 Å². The topological polar surface area (TPSA) is 26.3 Å². The second-order valence-corrected chi connectivity index (χ2v) is 6.56. The first-order valence-corrected chi connectivity index (χ1v) is 6.94. The van der Waals surface area contributed by atoms with Crippen LogP contribution in [0, 0.1) is 23.2 Å². The van der Waals surface area contributed by atoms with Crippen molar-refractivity contribution in [1.82, 2.24) is 0 Å². The maximum Gasteiger partial charge on any atom is 0.330 e. The van der Waals surface area contributed by atoms with Crippen LogP contribution in [0.25, 0.3) is 0 Å². The molecule has 0 heterocycles. The Morgan fingerprint density at radius 3 is 2.12 bits per heavy atom. The lowest BCUT2D eigenvalue weighted by molar-refractivity contribution is -0.165. The Morgan fingerprint density at radius 1 is 1.24 bits per heavy atom. The average molecular weight is 234 g/mol. The number of esters is 1. The maximum atomic E-state index is 11.4. The Bertz CT molecular complexity index is 310. The van der Waals surface area contributed by atoms with Gasteiger partial charge in [-0.2, -0.15) is 0 Å². The van der Waals surface area contributed by atoms with Crippen LogP contribution in [0.4, 0.5) is 0 Å².